The van der Waals surface area contributed by atoms with Gasteiger partial charge in [0.25, 0.3) is 5.91 Å². The molecule has 32 heavy (non-hydrogen) atoms. The maximum absolute atomic E-state index is 12.9. The molecule has 2 aromatic rings. The van der Waals surface area contributed by atoms with Gasteiger partial charge >= 0.3 is 5.97 Å². The Balaban J connectivity index is 1.20. The van der Waals surface area contributed by atoms with Gasteiger partial charge in [0.2, 0.25) is 11.8 Å². The van der Waals surface area contributed by atoms with E-state index in [1.807, 2.05) is 25.1 Å². The summed E-state index contributed by atoms with van der Waals surface area (Å²) in [4.78, 5) is 51.4. The number of carbonyl (C=O) groups excluding carboxylic acids is 4. The third-order valence-corrected chi connectivity index (χ3v) is 6.47. The average Bonchev–Trinajstić information content (AvgIpc) is 3.46. The van der Waals surface area contributed by atoms with Gasteiger partial charge in [-0.3, -0.25) is 19.3 Å². The van der Waals surface area contributed by atoms with Crippen LogP contribution in [0.4, 0.5) is 11.4 Å². The van der Waals surface area contributed by atoms with Gasteiger partial charge in [-0.2, -0.15) is 0 Å². The van der Waals surface area contributed by atoms with E-state index in [1.54, 1.807) is 18.2 Å². The first-order valence-corrected chi connectivity index (χ1v) is 10.6. The largest absolute Gasteiger partial charge is 0.452 e. The molecule has 5 rings (SSSR count). The van der Waals surface area contributed by atoms with Crippen LogP contribution in [-0.2, 0) is 19.1 Å². The number of rotatable bonds is 5. The third kappa shape index (κ3) is 3.39. The van der Waals surface area contributed by atoms with Crippen molar-refractivity contribution in [3.8, 4) is 0 Å². The van der Waals surface area contributed by atoms with Gasteiger partial charge in [-0.1, -0.05) is 24.3 Å². The van der Waals surface area contributed by atoms with Gasteiger partial charge in [-0.05, 0) is 67.1 Å². The first kappa shape index (κ1) is 20.2. The lowest BCUT2D eigenvalue weighted by molar-refractivity contribution is -0.123. The van der Waals surface area contributed by atoms with Crippen LogP contribution in [0, 0.1) is 30.6 Å². The topological polar surface area (TPSA) is 92.8 Å². The van der Waals surface area contributed by atoms with Crippen LogP contribution in [0.3, 0.4) is 0 Å². The lowest BCUT2D eigenvalue weighted by Crippen LogP contribution is -2.32. The molecule has 2 fully saturated rings. The zero-order chi connectivity index (χ0) is 22.4. The minimum atomic E-state index is -0.658. The van der Waals surface area contributed by atoms with Crippen LogP contribution in [0.25, 0.3) is 0 Å². The number of hydrogen-bond acceptors (Lipinski definition) is 5. The smallest absolute Gasteiger partial charge is 0.338 e. The summed E-state index contributed by atoms with van der Waals surface area (Å²) in [5, 5.41) is 2.67. The Morgan fingerprint density at radius 3 is 2.28 bits per heavy atom. The second kappa shape index (κ2) is 7.75. The van der Waals surface area contributed by atoms with E-state index in [0.717, 1.165) is 12.0 Å². The maximum Gasteiger partial charge on any atom is 0.338 e. The lowest BCUT2D eigenvalue weighted by Gasteiger charge is -2.17. The SMILES string of the molecule is Cc1cccc(NC(=O)COC(=O)c2ccc(N3C(=O)[C@@H]4[C@H](C3=O)[C@H]3C=C[C@H]4C3)cc2)c1. The Hall–Kier alpha value is -3.74. The molecule has 0 aromatic heterocycles. The minimum Gasteiger partial charge on any atom is -0.452 e. The number of hydrogen-bond donors (Lipinski definition) is 1. The molecular weight excluding hydrogens is 408 g/mol. The van der Waals surface area contributed by atoms with Crippen molar-refractivity contribution in [2.24, 2.45) is 23.7 Å². The molecule has 2 aromatic carbocycles. The zero-order valence-corrected chi connectivity index (χ0v) is 17.5. The zero-order valence-electron chi connectivity index (χ0n) is 17.5. The first-order chi connectivity index (χ1) is 15.4. The minimum absolute atomic E-state index is 0.145. The fourth-order valence-corrected chi connectivity index (χ4v) is 5.04. The van der Waals surface area contributed by atoms with E-state index in [1.165, 1.54) is 17.0 Å². The molecule has 0 radical (unpaired) electrons. The third-order valence-electron chi connectivity index (χ3n) is 6.47. The quantitative estimate of drug-likeness (QED) is 0.447. The summed E-state index contributed by atoms with van der Waals surface area (Å²) in [5.74, 6) is -1.68. The molecule has 1 saturated carbocycles. The Morgan fingerprint density at radius 2 is 1.66 bits per heavy atom. The van der Waals surface area contributed by atoms with Crippen molar-refractivity contribution in [2.45, 2.75) is 13.3 Å². The Bertz CT molecular complexity index is 1120. The molecule has 0 spiro atoms. The lowest BCUT2D eigenvalue weighted by atomic mass is 9.85. The van der Waals surface area contributed by atoms with Crippen LogP contribution in [0.5, 0.6) is 0 Å². The molecule has 1 heterocycles. The molecule has 7 heteroatoms. The predicted molar refractivity (Wildman–Crippen MR) is 117 cm³/mol. The highest BCUT2D eigenvalue weighted by atomic mass is 16.5. The summed E-state index contributed by atoms with van der Waals surface area (Å²) in [6.07, 6.45) is 4.98. The Labute approximate surface area is 185 Å². The van der Waals surface area contributed by atoms with E-state index < -0.39 is 18.5 Å². The Kier molecular flexibility index (Phi) is 4.89. The van der Waals surface area contributed by atoms with Crippen molar-refractivity contribution in [2.75, 3.05) is 16.8 Å². The number of anilines is 2. The van der Waals surface area contributed by atoms with Crippen LogP contribution in [0.15, 0.2) is 60.7 Å². The summed E-state index contributed by atoms with van der Waals surface area (Å²) >= 11 is 0. The van der Waals surface area contributed by atoms with Crippen molar-refractivity contribution in [3.05, 3.63) is 71.8 Å². The van der Waals surface area contributed by atoms with Gasteiger partial charge in [-0.15, -0.1) is 0 Å². The fourth-order valence-electron chi connectivity index (χ4n) is 5.04. The first-order valence-electron chi connectivity index (χ1n) is 10.6. The molecule has 7 nitrogen and oxygen atoms in total. The van der Waals surface area contributed by atoms with Crippen LogP contribution in [0.1, 0.15) is 22.3 Å². The number of allylic oxidation sites excluding steroid dienone is 2. The summed E-state index contributed by atoms with van der Waals surface area (Å²) in [5.41, 5.74) is 2.31. The molecule has 2 bridgehead atoms. The van der Waals surface area contributed by atoms with Crippen molar-refractivity contribution in [1.82, 2.24) is 0 Å². The highest BCUT2D eigenvalue weighted by molar-refractivity contribution is 6.22. The fraction of sp³-hybridized carbons (Fsp3) is 0.280. The van der Waals surface area contributed by atoms with Gasteiger partial charge in [0.15, 0.2) is 6.61 Å². The number of carbonyl (C=O) groups is 4. The average molecular weight is 430 g/mol. The van der Waals surface area contributed by atoms with Gasteiger partial charge in [-0.25, -0.2) is 4.79 Å². The standard InChI is InChI=1S/C25H22N2O5/c1-14-3-2-4-18(11-14)26-20(28)13-32-25(31)15-7-9-19(10-8-15)27-23(29)21-16-5-6-17(12-16)22(21)24(27)30/h2-11,16-17,21-22H,12-13H2,1H3,(H,26,28)/t16-,17-,21-,22+/m0/s1. The normalized spacial score (nSPS) is 25.2. The van der Waals surface area contributed by atoms with Crippen molar-refractivity contribution in [1.29, 1.82) is 0 Å². The number of nitrogens with zero attached hydrogens (tertiary/aromatic N) is 1. The monoisotopic (exact) mass is 430 g/mol. The molecule has 1 aliphatic heterocycles. The van der Waals surface area contributed by atoms with Crippen LogP contribution in [-0.4, -0.2) is 30.3 Å². The summed E-state index contributed by atoms with van der Waals surface area (Å²) in [6, 6.07) is 13.4. The number of nitrogens with one attached hydrogen (secondary N) is 1. The van der Waals surface area contributed by atoms with Crippen LogP contribution in [0.2, 0.25) is 0 Å². The Morgan fingerprint density at radius 1 is 1.00 bits per heavy atom. The van der Waals surface area contributed by atoms with Crippen LogP contribution < -0.4 is 10.2 Å². The van der Waals surface area contributed by atoms with E-state index in [9.17, 15) is 19.2 Å². The number of ether oxygens (including phenoxy) is 1. The van der Waals surface area contributed by atoms with E-state index in [4.69, 9.17) is 4.74 Å². The van der Waals surface area contributed by atoms with Gasteiger partial charge < -0.3 is 10.1 Å². The number of imide groups is 1. The molecule has 3 amide bonds. The second-order valence-electron chi connectivity index (χ2n) is 8.55. The second-order valence-corrected chi connectivity index (χ2v) is 8.55. The van der Waals surface area contributed by atoms with Crippen molar-refractivity contribution >= 4 is 35.1 Å². The summed E-state index contributed by atoms with van der Waals surface area (Å²) < 4.78 is 5.09. The molecular formula is C25H22N2O5. The van der Waals surface area contributed by atoms with E-state index in [0.29, 0.717) is 11.4 Å². The number of amides is 3. The number of aryl methyl sites for hydroxylation is 1. The highest BCUT2D eigenvalue weighted by Gasteiger charge is 2.59. The molecule has 0 unspecified atom stereocenters. The maximum atomic E-state index is 12.9. The van der Waals surface area contributed by atoms with Gasteiger partial charge in [0.05, 0.1) is 23.1 Å². The summed E-state index contributed by atoms with van der Waals surface area (Å²) in [6.45, 7) is 1.49. The van der Waals surface area contributed by atoms with Crippen LogP contribution >= 0.6 is 0 Å². The van der Waals surface area contributed by atoms with Gasteiger partial charge in [0, 0.05) is 5.69 Å². The number of fused-ring (bicyclic) bond motifs is 5. The summed E-state index contributed by atoms with van der Waals surface area (Å²) in [7, 11) is 0. The molecule has 1 saturated heterocycles. The van der Waals surface area contributed by atoms with E-state index in [2.05, 4.69) is 17.5 Å². The predicted octanol–water partition coefficient (Wildman–Crippen LogP) is 3.10. The molecule has 162 valence electrons. The van der Waals surface area contributed by atoms with Crippen molar-refractivity contribution < 1.29 is 23.9 Å². The molecule has 3 aliphatic rings. The highest BCUT2D eigenvalue weighted by Crippen LogP contribution is 2.53. The van der Waals surface area contributed by atoms with Gasteiger partial charge in [0.1, 0.15) is 0 Å². The molecule has 1 N–H and O–H groups in total. The van der Waals surface area contributed by atoms with Crippen molar-refractivity contribution in [3.63, 3.8) is 0 Å². The number of benzene rings is 2. The molecule has 2 aliphatic carbocycles. The van der Waals surface area contributed by atoms with E-state index in [-0.39, 0.29) is 41.0 Å². The van der Waals surface area contributed by atoms with E-state index >= 15 is 0 Å². The number of esters is 1. The molecule has 4 atom stereocenters.